The standard InChI is InChI=1S/C13H24FN3/c1-2-16-7-9-17(10-8-16)11-13(14)12-3-5-15-6-4-12/h15H,2-11H2,1H3. The Labute approximate surface area is 104 Å². The average Bonchev–Trinajstić information content (AvgIpc) is 2.40. The maximum Gasteiger partial charge on any atom is 0.113 e. The first kappa shape index (κ1) is 13.0. The van der Waals surface area contributed by atoms with Crippen LogP contribution in [-0.2, 0) is 0 Å². The van der Waals surface area contributed by atoms with E-state index in [9.17, 15) is 4.39 Å². The molecule has 0 saturated carbocycles. The van der Waals surface area contributed by atoms with Crippen molar-refractivity contribution < 1.29 is 4.39 Å². The summed E-state index contributed by atoms with van der Waals surface area (Å²) in [5.74, 6) is 0.136. The number of hydrogen-bond donors (Lipinski definition) is 1. The highest BCUT2D eigenvalue weighted by atomic mass is 19.1. The molecule has 0 aliphatic carbocycles. The van der Waals surface area contributed by atoms with Gasteiger partial charge in [0.1, 0.15) is 5.83 Å². The molecule has 2 rings (SSSR count). The zero-order valence-electron chi connectivity index (χ0n) is 10.8. The van der Waals surface area contributed by atoms with Gasteiger partial charge in [-0.3, -0.25) is 4.90 Å². The Kier molecular flexibility index (Phi) is 4.95. The van der Waals surface area contributed by atoms with E-state index in [2.05, 4.69) is 22.0 Å². The Morgan fingerprint density at radius 1 is 1.12 bits per heavy atom. The molecule has 0 amide bonds. The minimum Gasteiger partial charge on any atom is -0.316 e. The van der Waals surface area contributed by atoms with E-state index in [-0.39, 0.29) is 5.83 Å². The largest absolute Gasteiger partial charge is 0.316 e. The molecule has 2 fully saturated rings. The van der Waals surface area contributed by atoms with Gasteiger partial charge in [0.2, 0.25) is 0 Å². The Morgan fingerprint density at radius 3 is 2.29 bits per heavy atom. The minimum absolute atomic E-state index is 0.136. The lowest BCUT2D eigenvalue weighted by atomic mass is 10.0. The Morgan fingerprint density at radius 2 is 1.71 bits per heavy atom. The van der Waals surface area contributed by atoms with Crippen molar-refractivity contribution in [2.24, 2.45) is 0 Å². The SMILES string of the molecule is CCN1CCN(CC(F)=C2CCNCC2)CC1. The van der Waals surface area contributed by atoms with Gasteiger partial charge >= 0.3 is 0 Å². The minimum atomic E-state index is 0.136. The number of rotatable bonds is 3. The molecule has 17 heavy (non-hydrogen) atoms. The van der Waals surface area contributed by atoms with Crippen molar-refractivity contribution in [3.8, 4) is 0 Å². The molecule has 0 unspecified atom stereocenters. The van der Waals surface area contributed by atoms with E-state index in [0.717, 1.165) is 64.2 Å². The predicted octanol–water partition coefficient (Wildman–Crippen LogP) is 1.23. The van der Waals surface area contributed by atoms with Crippen LogP contribution < -0.4 is 5.32 Å². The maximum absolute atomic E-state index is 14.0. The smallest absolute Gasteiger partial charge is 0.113 e. The topological polar surface area (TPSA) is 18.5 Å². The molecule has 3 nitrogen and oxygen atoms in total. The van der Waals surface area contributed by atoms with Crippen LogP contribution in [0.4, 0.5) is 4.39 Å². The molecular weight excluding hydrogens is 217 g/mol. The first-order valence-corrected chi connectivity index (χ1v) is 6.81. The van der Waals surface area contributed by atoms with Crippen molar-refractivity contribution in [1.82, 2.24) is 15.1 Å². The number of piperidine rings is 1. The van der Waals surface area contributed by atoms with Crippen LogP contribution >= 0.6 is 0 Å². The quantitative estimate of drug-likeness (QED) is 0.802. The van der Waals surface area contributed by atoms with E-state index in [1.165, 1.54) is 0 Å². The van der Waals surface area contributed by atoms with E-state index in [1.807, 2.05) is 0 Å². The van der Waals surface area contributed by atoms with Crippen LogP contribution in [-0.4, -0.2) is 62.2 Å². The summed E-state index contributed by atoms with van der Waals surface area (Å²) in [5.41, 5.74) is 1.04. The summed E-state index contributed by atoms with van der Waals surface area (Å²) in [6.45, 7) is 9.89. The molecule has 1 N–H and O–H groups in total. The van der Waals surface area contributed by atoms with Crippen LogP contribution in [0, 0.1) is 0 Å². The molecule has 4 heteroatoms. The number of piperazine rings is 1. The highest BCUT2D eigenvalue weighted by Gasteiger charge is 2.18. The van der Waals surface area contributed by atoms with Crippen molar-refractivity contribution in [1.29, 1.82) is 0 Å². The van der Waals surface area contributed by atoms with Crippen LogP contribution in [0.5, 0.6) is 0 Å². The molecule has 2 aliphatic rings. The second-order valence-electron chi connectivity index (χ2n) is 4.97. The number of nitrogens with one attached hydrogen (secondary N) is 1. The fourth-order valence-corrected chi connectivity index (χ4v) is 2.57. The van der Waals surface area contributed by atoms with Crippen molar-refractivity contribution in [3.63, 3.8) is 0 Å². The van der Waals surface area contributed by atoms with Crippen molar-refractivity contribution in [3.05, 3.63) is 11.4 Å². The molecule has 0 aromatic heterocycles. The van der Waals surface area contributed by atoms with Crippen LogP contribution in [0.25, 0.3) is 0 Å². The van der Waals surface area contributed by atoms with Crippen LogP contribution in [0.3, 0.4) is 0 Å². The molecule has 98 valence electrons. The monoisotopic (exact) mass is 241 g/mol. The van der Waals surface area contributed by atoms with Crippen molar-refractivity contribution in [2.75, 3.05) is 52.4 Å². The molecule has 2 heterocycles. The first-order valence-electron chi connectivity index (χ1n) is 6.81. The second kappa shape index (κ2) is 6.47. The number of halogens is 1. The van der Waals surface area contributed by atoms with Crippen LogP contribution in [0.15, 0.2) is 11.4 Å². The number of likely N-dealkylation sites (N-methyl/N-ethyl adjacent to an activating group) is 1. The van der Waals surface area contributed by atoms with Gasteiger partial charge in [-0.15, -0.1) is 0 Å². The maximum atomic E-state index is 14.0. The van der Waals surface area contributed by atoms with Gasteiger partial charge < -0.3 is 10.2 Å². The van der Waals surface area contributed by atoms with Crippen molar-refractivity contribution >= 4 is 0 Å². The molecule has 0 bridgehead atoms. The fourth-order valence-electron chi connectivity index (χ4n) is 2.57. The first-order chi connectivity index (χ1) is 8.29. The third-order valence-corrected chi connectivity index (χ3v) is 3.87. The van der Waals surface area contributed by atoms with Crippen molar-refractivity contribution in [2.45, 2.75) is 19.8 Å². The molecule has 0 atom stereocenters. The van der Waals surface area contributed by atoms with Crippen LogP contribution in [0.2, 0.25) is 0 Å². The summed E-state index contributed by atoms with van der Waals surface area (Å²) in [6, 6.07) is 0. The van der Waals surface area contributed by atoms with E-state index in [1.54, 1.807) is 0 Å². The summed E-state index contributed by atoms with van der Waals surface area (Å²) in [4.78, 5) is 4.67. The molecule has 0 spiro atoms. The van der Waals surface area contributed by atoms with Gasteiger partial charge in [-0.2, -0.15) is 0 Å². The zero-order valence-corrected chi connectivity index (χ0v) is 10.8. The van der Waals surface area contributed by atoms with Gasteiger partial charge in [-0.05, 0) is 38.0 Å². The zero-order chi connectivity index (χ0) is 12.1. The molecule has 0 radical (unpaired) electrons. The average molecular weight is 241 g/mol. The third-order valence-electron chi connectivity index (χ3n) is 3.87. The van der Waals surface area contributed by atoms with E-state index < -0.39 is 0 Å². The fraction of sp³-hybridized carbons (Fsp3) is 0.846. The lowest BCUT2D eigenvalue weighted by Crippen LogP contribution is -2.46. The second-order valence-corrected chi connectivity index (χ2v) is 4.97. The lowest BCUT2D eigenvalue weighted by Gasteiger charge is -2.34. The summed E-state index contributed by atoms with van der Waals surface area (Å²) in [7, 11) is 0. The highest BCUT2D eigenvalue weighted by molar-refractivity contribution is 5.12. The van der Waals surface area contributed by atoms with Gasteiger partial charge in [0, 0.05) is 26.2 Å². The molecule has 0 aromatic carbocycles. The Bertz CT molecular complexity index is 262. The van der Waals surface area contributed by atoms with Crippen LogP contribution in [0.1, 0.15) is 19.8 Å². The van der Waals surface area contributed by atoms with E-state index >= 15 is 0 Å². The number of nitrogens with zero attached hydrogens (tertiary/aromatic N) is 2. The van der Waals surface area contributed by atoms with Gasteiger partial charge in [-0.1, -0.05) is 6.92 Å². The number of hydrogen-bond acceptors (Lipinski definition) is 3. The summed E-state index contributed by atoms with van der Waals surface area (Å²) < 4.78 is 14.0. The van der Waals surface area contributed by atoms with E-state index in [0.29, 0.717) is 6.54 Å². The molecule has 2 aliphatic heterocycles. The molecular formula is C13H24FN3. The van der Waals surface area contributed by atoms with Gasteiger partial charge in [0.15, 0.2) is 0 Å². The summed E-state index contributed by atoms with van der Waals surface area (Å²) in [5, 5.41) is 3.27. The van der Waals surface area contributed by atoms with Gasteiger partial charge in [0.05, 0.1) is 6.54 Å². The van der Waals surface area contributed by atoms with Gasteiger partial charge in [-0.25, -0.2) is 4.39 Å². The summed E-state index contributed by atoms with van der Waals surface area (Å²) >= 11 is 0. The summed E-state index contributed by atoms with van der Waals surface area (Å²) in [6.07, 6.45) is 1.78. The lowest BCUT2D eigenvalue weighted by molar-refractivity contribution is 0.140. The predicted molar refractivity (Wildman–Crippen MR) is 68.8 cm³/mol. The molecule has 2 saturated heterocycles. The Hall–Kier alpha value is -0.450. The third kappa shape index (κ3) is 3.76. The van der Waals surface area contributed by atoms with E-state index in [4.69, 9.17) is 0 Å². The highest BCUT2D eigenvalue weighted by Crippen LogP contribution is 2.18. The molecule has 0 aromatic rings. The normalized spacial score (nSPS) is 24.0. The van der Waals surface area contributed by atoms with Gasteiger partial charge in [0.25, 0.3) is 0 Å². The Balaban J connectivity index is 1.80.